The Morgan fingerprint density at radius 2 is 2.09 bits per heavy atom. The topological polar surface area (TPSA) is 59.0 Å². The first-order chi connectivity index (χ1) is 11.1. The summed E-state index contributed by atoms with van der Waals surface area (Å²) < 4.78 is 1.96. The highest BCUT2D eigenvalue weighted by Gasteiger charge is 2.23. The van der Waals surface area contributed by atoms with E-state index in [0.717, 1.165) is 31.5 Å². The molecule has 0 bridgehead atoms. The number of carbonyl (C=O) groups excluding carboxylic acids is 1. The Labute approximate surface area is 137 Å². The maximum Gasteiger partial charge on any atom is 0.251 e. The van der Waals surface area contributed by atoms with Gasteiger partial charge in [-0.25, -0.2) is 0 Å². The maximum absolute atomic E-state index is 11.9. The largest absolute Gasteiger partial charge is 0.349 e. The lowest BCUT2D eigenvalue weighted by Crippen LogP contribution is -2.30. The molecule has 2 N–H and O–H groups in total. The van der Waals surface area contributed by atoms with Gasteiger partial charge >= 0.3 is 0 Å². The second kappa shape index (κ2) is 6.96. The van der Waals surface area contributed by atoms with Crippen molar-refractivity contribution in [3.05, 3.63) is 53.3 Å². The molecule has 0 saturated heterocycles. The van der Waals surface area contributed by atoms with Gasteiger partial charge in [0.1, 0.15) is 0 Å². The van der Waals surface area contributed by atoms with Crippen LogP contribution in [0.5, 0.6) is 0 Å². The minimum Gasteiger partial charge on any atom is -0.349 e. The van der Waals surface area contributed by atoms with E-state index >= 15 is 0 Å². The van der Waals surface area contributed by atoms with Gasteiger partial charge in [0.15, 0.2) is 0 Å². The normalized spacial score (nSPS) is 15.4. The zero-order valence-corrected chi connectivity index (χ0v) is 13.7. The summed E-state index contributed by atoms with van der Waals surface area (Å²) in [5.41, 5.74) is 3.09. The third-order valence-electron chi connectivity index (χ3n) is 4.01. The number of amides is 1. The first-order valence-electron chi connectivity index (χ1n) is 8.22. The maximum atomic E-state index is 11.9. The van der Waals surface area contributed by atoms with Gasteiger partial charge in [-0.3, -0.25) is 9.48 Å². The summed E-state index contributed by atoms with van der Waals surface area (Å²) in [5, 5.41) is 10.8. The number of carbonyl (C=O) groups is 1. The van der Waals surface area contributed by atoms with Gasteiger partial charge in [-0.2, -0.15) is 5.10 Å². The summed E-state index contributed by atoms with van der Waals surface area (Å²) >= 11 is 0. The monoisotopic (exact) mass is 312 g/mol. The standard InChI is InChI=1S/C18H24N4O/c1-13-9-20-22(11-13)12-14(2)19-10-15-3-5-16(6-4-15)18(23)21-17-7-8-17/h3-6,9,11,14,17,19H,7-8,10,12H2,1-2H3,(H,21,23)/t14-/m1/s1. The summed E-state index contributed by atoms with van der Waals surface area (Å²) in [6.45, 7) is 5.82. The molecular formula is C18H24N4O. The summed E-state index contributed by atoms with van der Waals surface area (Å²) in [4.78, 5) is 11.9. The molecule has 122 valence electrons. The van der Waals surface area contributed by atoms with Crippen LogP contribution in [0.4, 0.5) is 0 Å². The van der Waals surface area contributed by atoms with Crippen molar-refractivity contribution in [3.63, 3.8) is 0 Å². The van der Waals surface area contributed by atoms with Crippen LogP contribution < -0.4 is 10.6 Å². The molecule has 0 radical (unpaired) electrons. The van der Waals surface area contributed by atoms with Gasteiger partial charge in [0.25, 0.3) is 5.91 Å². The number of hydrogen-bond acceptors (Lipinski definition) is 3. The molecule has 1 fully saturated rings. The number of benzene rings is 1. The van der Waals surface area contributed by atoms with Crippen LogP contribution in [0.1, 0.15) is 41.3 Å². The minimum atomic E-state index is 0.0365. The molecule has 0 unspecified atom stereocenters. The molecule has 1 aromatic heterocycles. The zero-order chi connectivity index (χ0) is 16.2. The second-order valence-corrected chi connectivity index (χ2v) is 6.47. The van der Waals surface area contributed by atoms with Gasteiger partial charge in [0, 0.05) is 30.4 Å². The van der Waals surface area contributed by atoms with Crippen LogP contribution in [0.2, 0.25) is 0 Å². The van der Waals surface area contributed by atoms with Crippen LogP contribution in [-0.2, 0) is 13.1 Å². The van der Waals surface area contributed by atoms with Gasteiger partial charge in [-0.1, -0.05) is 12.1 Å². The molecule has 1 saturated carbocycles. The Balaban J connectivity index is 1.46. The van der Waals surface area contributed by atoms with Crippen molar-refractivity contribution < 1.29 is 4.79 Å². The van der Waals surface area contributed by atoms with Gasteiger partial charge in [0.05, 0.1) is 12.7 Å². The molecule has 23 heavy (non-hydrogen) atoms. The molecule has 1 aromatic carbocycles. The molecular weight excluding hydrogens is 288 g/mol. The van der Waals surface area contributed by atoms with Crippen molar-refractivity contribution in [2.75, 3.05) is 0 Å². The van der Waals surface area contributed by atoms with Crippen LogP contribution >= 0.6 is 0 Å². The van der Waals surface area contributed by atoms with Crippen molar-refractivity contribution in [1.29, 1.82) is 0 Å². The molecule has 1 aliphatic rings. The number of rotatable bonds is 7. The fraction of sp³-hybridized carbons (Fsp3) is 0.444. The van der Waals surface area contributed by atoms with Crippen LogP contribution in [0.3, 0.4) is 0 Å². The third kappa shape index (κ3) is 4.66. The van der Waals surface area contributed by atoms with E-state index in [4.69, 9.17) is 0 Å². The van der Waals surface area contributed by atoms with Gasteiger partial charge < -0.3 is 10.6 Å². The number of aryl methyl sites for hydroxylation is 1. The van der Waals surface area contributed by atoms with E-state index in [1.807, 2.05) is 48.3 Å². The van der Waals surface area contributed by atoms with Gasteiger partial charge in [-0.15, -0.1) is 0 Å². The van der Waals surface area contributed by atoms with E-state index in [1.54, 1.807) is 0 Å². The predicted molar refractivity (Wildman–Crippen MR) is 90.2 cm³/mol. The number of hydrogen-bond donors (Lipinski definition) is 2. The Bertz CT molecular complexity index is 658. The Hall–Kier alpha value is -2.14. The lowest BCUT2D eigenvalue weighted by atomic mass is 10.1. The van der Waals surface area contributed by atoms with E-state index < -0.39 is 0 Å². The highest BCUT2D eigenvalue weighted by molar-refractivity contribution is 5.94. The molecule has 1 amide bonds. The van der Waals surface area contributed by atoms with Gasteiger partial charge in [0.2, 0.25) is 0 Å². The zero-order valence-electron chi connectivity index (χ0n) is 13.7. The van der Waals surface area contributed by atoms with E-state index in [1.165, 1.54) is 11.1 Å². The fourth-order valence-corrected chi connectivity index (χ4v) is 2.47. The highest BCUT2D eigenvalue weighted by atomic mass is 16.1. The lowest BCUT2D eigenvalue weighted by Gasteiger charge is -2.14. The van der Waals surface area contributed by atoms with E-state index in [9.17, 15) is 4.79 Å². The Morgan fingerprint density at radius 1 is 1.35 bits per heavy atom. The van der Waals surface area contributed by atoms with Gasteiger partial charge in [-0.05, 0) is 49.9 Å². The fourth-order valence-electron chi connectivity index (χ4n) is 2.47. The molecule has 1 heterocycles. The molecule has 0 aliphatic heterocycles. The van der Waals surface area contributed by atoms with E-state index in [0.29, 0.717) is 12.1 Å². The van der Waals surface area contributed by atoms with Crippen molar-refractivity contribution in [2.24, 2.45) is 0 Å². The molecule has 3 rings (SSSR count). The molecule has 0 spiro atoms. The summed E-state index contributed by atoms with van der Waals surface area (Å²) in [7, 11) is 0. The minimum absolute atomic E-state index is 0.0365. The summed E-state index contributed by atoms with van der Waals surface area (Å²) in [6.07, 6.45) is 6.15. The quantitative estimate of drug-likeness (QED) is 0.824. The van der Waals surface area contributed by atoms with Crippen LogP contribution in [0.25, 0.3) is 0 Å². The first-order valence-corrected chi connectivity index (χ1v) is 8.22. The van der Waals surface area contributed by atoms with Crippen LogP contribution in [-0.4, -0.2) is 27.8 Å². The molecule has 5 heteroatoms. The third-order valence-corrected chi connectivity index (χ3v) is 4.01. The average molecular weight is 312 g/mol. The molecule has 5 nitrogen and oxygen atoms in total. The van der Waals surface area contributed by atoms with E-state index in [-0.39, 0.29) is 5.91 Å². The van der Waals surface area contributed by atoms with Crippen molar-refractivity contribution in [2.45, 2.75) is 51.9 Å². The van der Waals surface area contributed by atoms with Crippen LogP contribution in [0, 0.1) is 6.92 Å². The Kier molecular flexibility index (Phi) is 4.76. The van der Waals surface area contributed by atoms with Crippen molar-refractivity contribution in [1.82, 2.24) is 20.4 Å². The lowest BCUT2D eigenvalue weighted by molar-refractivity contribution is 0.0951. The molecule has 2 aromatic rings. The predicted octanol–water partition coefficient (Wildman–Crippen LogP) is 2.26. The van der Waals surface area contributed by atoms with Crippen LogP contribution in [0.15, 0.2) is 36.7 Å². The molecule has 1 atom stereocenters. The Morgan fingerprint density at radius 3 is 2.70 bits per heavy atom. The SMILES string of the molecule is Cc1cnn(C[C@@H](C)NCc2ccc(C(=O)NC3CC3)cc2)c1. The summed E-state index contributed by atoms with van der Waals surface area (Å²) in [6, 6.07) is 8.55. The van der Waals surface area contributed by atoms with Crippen molar-refractivity contribution in [3.8, 4) is 0 Å². The molecule has 1 aliphatic carbocycles. The number of nitrogens with zero attached hydrogens (tertiary/aromatic N) is 2. The number of nitrogens with one attached hydrogen (secondary N) is 2. The smallest absolute Gasteiger partial charge is 0.251 e. The first kappa shape index (κ1) is 15.7. The van der Waals surface area contributed by atoms with E-state index in [2.05, 4.69) is 22.7 Å². The van der Waals surface area contributed by atoms with Crippen molar-refractivity contribution >= 4 is 5.91 Å². The summed E-state index contributed by atoms with van der Waals surface area (Å²) in [5.74, 6) is 0.0365. The number of aromatic nitrogens is 2. The average Bonchev–Trinajstić information content (AvgIpc) is 3.26. The second-order valence-electron chi connectivity index (χ2n) is 6.47. The highest BCUT2D eigenvalue weighted by Crippen LogP contribution is 2.19.